The van der Waals surface area contributed by atoms with E-state index in [1.165, 1.54) is 4.90 Å². The number of rotatable bonds is 10. The molecular formula is C24H30N2O4. The number of nitrogens with zero attached hydrogens (tertiary/aromatic N) is 2. The van der Waals surface area contributed by atoms with E-state index in [1.54, 1.807) is 38.1 Å². The molecule has 0 aromatic heterocycles. The van der Waals surface area contributed by atoms with E-state index in [0.717, 1.165) is 11.1 Å². The largest absolute Gasteiger partial charge is 0.484 e. The average Bonchev–Trinajstić information content (AvgIpc) is 2.74. The number of carbonyl (C=O) groups excluding carboxylic acids is 3. The van der Waals surface area contributed by atoms with E-state index in [1.807, 2.05) is 43.3 Å². The number of aryl methyl sites for hydroxylation is 1. The molecule has 2 amide bonds. The van der Waals surface area contributed by atoms with Crippen LogP contribution >= 0.6 is 0 Å². The quantitative estimate of drug-likeness (QED) is 0.603. The SMILES string of the molecule is CCN(Cc1ccc(C(=O)N(C)C)cc1)C(=O)COc1ccc(CCC(C)=O)cc1. The predicted octanol–water partition coefficient (Wildman–Crippen LogP) is 3.34. The van der Waals surface area contributed by atoms with Crippen LogP contribution in [0.4, 0.5) is 0 Å². The Hall–Kier alpha value is -3.15. The standard InChI is InChI=1S/C24H30N2O4/c1-5-26(16-20-8-12-21(13-9-20)24(29)25(3)4)23(28)17-30-22-14-10-19(11-15-22)7-6-18(2)27/h8-15H,5-7,16-17H2,1-4H3. The third kappa shape index (κ3) is 7.03. The number of likely N-dealkylation sites (N-methyl/N-ethyl adjacent to an activating group) is 1. The summed E-state index contributed by atoms with van der Waals surface area (Å²) < 4.78 is 5.64. The van der Waals surface area contributed by atoms with Crippen LogP contribution in [-0.4, -0.2) is 54.6 Å². The molecular weight excluding hydrogens is 380 g/mol. The summed E-state index contributed by atoms with van der Waals surface area (Å²) in [4.78, 5) is 38.9. The van der Waals surface area contributed by atoms with Crippen molar-refractivity contribution in [3.8, 4) is 5.75 Å². The van der Waals surface area contributed by atoms with E-state index in [2.05, 4.69) is 0 Å². The van der Waals surface area contributed by atoms with Gasteiger partial charge in [-0.25, -0.2) is 0 Å². The molecule has 6 heteroatoms. The van der Waals surface area contributed by atoms with E-state index in [-0.39, 0.29) is 24.2 Å². The first-order valence-corrected chi connectivity index (χ1v) is 10.1. The second-order valence-corrected chi connectivity index (χ2v) is 7.44. The van der Waals surface area contributed by atoms with Gasteiger partial charge in [0.1, 0.15) is 11.5 Å². The molecule has 0 aliphatic carbocycles. The van der Waals surface area contributed by atoms with Gasteiger partial charge >= 0.3 is 0 Å². The molecule has 0 radical (unpaired) electrons. The van der Waals surface area contributed by atoms with Crippen LogP contribution in [0, 0.1) is 0 Å². The highest BCUT2D eigenvalue weighted by Gasteiger charge is 2.14. The lowest BCUT2D eigenvalue weighted by Gasteiger charge is -2.21. The van der Waals surface area contributed by atoms with Crippen molar-refractivity contribution in [2.24, 2.45) is 0 Å². The highest BCUT2D eigenvalue weighted by molar-refractivity contribution is 5.93. The van der Waals surface area contributed by atoms with Crippen molar-refractivity contribution in [3.05, 3.63) is 65.2 Å². The van der Waals surface area contributed by atoms with Gasteiger partial charge in [-0.05, 0) is 55.7 Å². The number of hydrogen-bond acceptors (Lipinski definition) is 4. The first kappa shape index (κ1) is 23.1. The molecule has 0 fully saturated rings. The van der Waals surface area contributed by atoms with Crippen molar-refractivity contribution in [3.63, 3.8) is 0 Å². The molecule has 160 valence electrons. The van der Waals surface area contributed by atoms with Crippen LogP contribution in [0.15, 0.2) is 48.5 Å². The van der Waals surface area contributed by atoms with Crippen molar-refractivity contribution in [1.29, 1.82) is 0 Å². The Morgan fingerprint density at radius 2 is 1.50 bits per heavy atom. The molecule has 0 spiro atoms. The van der Waals surface area contributed by atoms with Gasteiger partial charge in [-0.2, -0.15) is 0 Å². The maximum Gasteiger partial charge on any atom is 0.260 e. The van der Waals surface area contributed by atoms with Gasteiger partial charge in [0.25, 0.3) is 11.8 Å². The first-order chi connectivity index (χ1) is 14.3. The molecule has 0 bridgehead atoms. The minimum Gasteiger partial charge on any atom is -0.484 e. The Morgan fingerprint density at radius 1 is 0.900 bits per heavy atom. The molecule has 0 saturated carbocycles. The third-order valence-electron chi connectivity index (χ3n) is 4.77. The van der Waals surface area contributed by atoms with Crippen LogP contribution < -0.4 is 4.74 Å². The predicted molar refractivity (Wildman–Crippen MR) is 116 cm³/mol. The summed E-state index contributed by atoms with van der Waals surface area (Å²) in [7, 11) is 3.43. The maximum absolute atomic E-state index is 12.6. The van der Waals surface area contributed by atoms with Crippen LogP contribution in [0.1, 0.15) is 41.8 Å². The summed E-state index contributed by atoms with van der Waals surface area (Å²) in [6, 6.07) is 14.8. The normalized spacial score (nSPS) is 10.4. The lowest BCUT2D eigenvalue weighted by atomic mass is 10.1. The summed E-state index contributed by atoms with van der Waals surface area (Å²) in [6.07, 6.45) is 1.23. The monoisotopic (exact) mass is 410 g/mol. The molecule has 6 nitrogen and oxygen atoms in total. The molecule has 0 aliphatic rings. The van der Waals surface area contributed by atoms with Crippen LogP contribution in [-0.2, 0) is 22.6 Å². The molecule has 2 aromatic carbocycles. The van der Waals surface area contributed by atoms with Gasteiger partial charge in [-0.3, -0.25) is 9.59 Å². The topological polar surface area (TPSA) is 66.9 Å². The lowest BCUT2D eigenvalue weighted by molar-refractivity contribution is -0.133. The van der Waals surface area contributed by atoms with Crippen molar-refractivity contribution in [2.45, 2.75) is 33.2 Å². The molecule has 30 heavy (non-hydrogen) atoms. The molecule has 0 saturated heterocycles. The minimum atomic E-state index is -0.105. The molecule has 0 unspecified atom stereocenters. The zero-order valence-electron chi connectivity index (χ0n) is 18.2. The molecule has 2 rings (SSSR count). The lowest BCUT2D eigenvalue weighted by Crippen LogP contribution is -2.34. The zero-order valence-corrected chi connectivity index (χ0v) is 18.2. The second kappa shape index (κ2) is 11.1. The van der Waals surface area contributed by atoms with Crippen molar-refractivity contribution < 1.29 is 19.1 Å². The molecule has 2 aromatic rings. The smallest absolute Gasteiger partial charge is 0.260 e. The second-order valence-electron chi connectivity index (χ2n) is 7.44. The van der Waals surface area contributed by atoms with Crippen molar-refractivity contribution in [1.82, 2.24) is 9.80 Å². The van der Waals surface area contributed by atoms with Gasteiger partial charge in [0.15, 0.2) is 6.61 Å². The van der Waals surface area contributed by atoms with Crippen molar-refractivity contribution in [2.75, 3.05) is 27.2 Å². The fourth-order valence-corrected chi connectivity index (χ4v) is 2.92. The number of amides is 2. The van der Waals surface area contributed by atoms with Crippen LogP contribution in [0.5, 0.6) is 5.75 Å². The number of benzene rings is 2. The minimum absolute atomic E-state index is 0.0438. The van der Waals surface area contributed by atoms with Gasteiger partial charge in [-0.1, -0.05) is 24.3 Å². The Balaban J connectivity index is 1.88. The fraction of sp³-hybridized carbons (Fsp3) is 0.375. The average molecular weight is 411 g/mol. The molecule has 0 N–H and O–H groups in total. The Kier molecular flexibility index (Phi) is 8.59. The third-order valence-corrected chi connectivity index (χ3v) is 4.77. The summed E-state index contributed by atoms with van der Waals surface area (Å²) in [6.45, 7) is 4.48. The number of hydrogen-bond donors (Lipinski definition) is 0. The summed E-state index contributed by atoms with van der Waals surface area (Å²) in [5, 5.41) is 0. The number of ether oxygens (including phenoxy) is 1. The number of carbonyl (C=O) groups is 3. The Bertz CT molecular complexity index is 858. The van der Waals surface area contributed by atoms with Crippen molar-refractivity contribution >= 4 is 17.6 Å². The van der Waals surface area contributed by atoms with Gasteiger partial charge < -0.3 is 19.3 Å². The Morgan fingerprint density at radius 3 is 2.03 bits per heavy atom. The molecule has 0 aliphatic heterocycles. The van der Waals surface area contributed by atoms with E-state index in [4.69, 9.17) is 4.74 Å². The van der Waals surface area contributed by atoms with Gasteiger partial charge in [0.2, 0.25) is 0 Å². The van der Waals surface area contributed by atoms with E-state index in [0.29, 0.717) is 37.2 Å². The fourth-order valence-electron chi connectivity index (χ4n) is 2.92. The summed E-state index contributed by atoms with van der Waals surface area (Å²) in [5.41, 5.74) is 2.64. The van der Waals surface area contributed by atoms with Crippen LogP contribution in [0.25, 0.3) is 0 Å². The van der Waals surface area contributed by atoms with Crippen LogP contribution in [0.2, 0.25) is 0 Å². The van der Waals surface area contributed by atoms with Gasteiger partial charge in [0.05, 0.1) is 0 Å². The maximum atomic E-state index is 12.6. The van der Waals surface area contributed by atoms with E-state index in [9.17, 15) is 14.4 Å². The van der Waals surface area contributed by atoms with Gasteiger partial charge in [0, 0.05) is 39.2 Å². The number of ketones is 1. The molecule has 0 atom stereocenters. The van der Waals surface area contributed by atoms with Gasteiger partial charge in [-0.15, -0.1) is 0 Å². The highest BCUT2D eigenvalue weighted by atomic mass is 16.5. The summed E-state index contributed by atoms with van der Waals surface area (Å²) in [5.74, 6) is 0.634. The van der Waals surface area contributed by atoms with E-state index < -0.39 is 0 Å². The first-order valence-electron chi connectivity index (χ1n) is 10.1. The molecule has 0 heterocycles. The van der Waals surface area contributed by atoms with Crippen LogP contribution in [0.3, 0.4) is 0 Å². The highest BCUT2D eigenvalue weighted by Crippen LogP contribution is 2.14. The van der Waals surface area contributed by atoms with E-state index >= 15 is 0 Å². The number of Topliss-reactive ketones (excluding diaryl/α,β-unsaturated/α-hetero) is 1. The zero-order chi connectivity index (χ0) is 22.1. The summed E-state index contributed by atoms with van der Waals surface area (Å²) >= 11 is 0. The Labute approximate surface area is 178 Å².